The van der Waals surface area contributed by atoms with Crippen molar-refractivity contribution in [3.05, 3.63) is 101 Å². The molecule has 1 aliphatic heterocycles. The summed E-state index contributed by atoms with van der Waals surface area (Å²) in [5, 5.41) is 0. The highest BCUT2D eigenvalue weighted by molar-refractivity contribution is 5.89. The maximum Gasteiger partial charge on any atom is 0.338 e. The third-order valence-corrected chi connectivity index (χ3v) is 6.81. The number of likely N-dealkylation sites (tertiary alicyclic amines) is 1. The van der Waals surface area contributed by atoms with Crippen LogP contribution >= 0.6 is 0 Å². The molecule has 0 aliphatic carbocycles. The molecular formula is C30H33F2NO3. The van der Waals surface area contributed by atoms with Crippen LogP contribution in [0.3, 0.4) is 0 Å². The van der Waals surface area contributed by atoms with E-state index in [1.54, 1.807) is 31.2 Å². The summed E-state index contributed by atoms with van der Waals surface area (Å²) in [5.41, 5.74) is 2.67. The maximum atomic E-state index is 13.5. The Morgan fingerprint density at radius 1 is 0.889 bits per heavy atom. The molecule has 6 heteroatoms. The Balaban J connectivity index is 1.26. The minimum Gasteiger partial charge on any atom is -0.494 e. The Morgan fingerprint density at radius 2 is 1.44 bits per heavy atom. The molecule has 1 heterocycles. The molecule has 4 nitrogen and oxygen atoms in total. The lowest BCUT2D eigenvalue weighted by molar-refractivity contribution is 0.0526. The summed E-state index contributed by atoms with van der Waals surface area (Å²) in [5.74, 6) is 0.449. The molecule has 0 saturated carbocycles. The molecule has 3 aromatic carbocycles. The zero-order valence-corrected chi connectivity index (χ0v) is 20.7. The van der Waals surface area contributed by atoms with Crippen molar-refractivity contribution in [1.82, 2.24) is 4.90 Å². The molecule has 3 aromatic rings. The van der Waals surface area contributed by atoms with Gasteiger partial charge in [0.2, 0.25) is 0 Å². The molecule has 4 rings (SSSR count). The predicted molar refractivity (Wildman–Crippen MR) is 136 cm³/mol. The molecule has 190 valence electrons. The number of carbonyl (C=O) groups excluding carboxylic acids is 1. The highest BCUT2D eigenvalue weighted by Gasteiger charge is 2.29. The Labute approximate surface area is 211 Å². The van der Waals surface area contributed by atoms with Gasteiger partial charge in [-0.1, -0.05) is 24.3 Å². The topological polar surface area (TPSA) is 38.8 Å². The van der Waals surface area contributed by atoms with Crippen LogP contribution in [0.15, 0.2) is 72.8 Å². The maximum absolute atomic E-state index is 13.5. The quantitative estimate of drug-likeness (QED) is 0.240. The molecule has 0 N–H and O–H groups in total. The number of nitrogens with zero attached hydrogens (tertiary/aromatic N) is 1. The number of rotatable bonds is 10. The van der Waals surface area contributed by atoms with Crippen molar-refractivity contribution in [2.45, 2.75) is 32.1 Å². The Bertz CT molecular complexity index is 1050. The minimum absolute atomic E-state index is 0.120. The van der Waals surface area contributed by atoms with Gasteiger partial charge in [-0.2, -0.15) is 0 Å². The van der Waals surface area contributed by atoms with Crippen molar-refractivity contribution in [2.75, 3.05) is 32.8 Å². The molecule has 0 radical (unpaired) electrons. The fourth-order valence-electron chi connectivity index (χ4n) is 4.97. The number of piperidine rings is 1. The van der Waals surface area contributed by atoms with Gasteiger partial charge < -0.3 is 14.4 Å². The smallest absolute Gasteiger partial charge is 0.338 e. The molecular weight excluding hydrogens is 460 g/mol. The van der Waals surface area contributed by atoms with E-state index in [1.165, 1.54) is 24.3 Å². The molecule has 0 atom stereocenters. The minimum atomic E-state index is -0.325. The first-order chi connectivity index (χ1) is 17.5. The second-order valence-electron chi connectivity index (χ2n) is 9.21. The summed E-state index contributed by atoms with van der Waals surface area (Å²) in [6.07, 6.45) is 2.95. The summed E-state index contributed by atoms with van der Waals surface area (Å²) >= 11 is 0. The number of benzene rings is 3. The first kappa shape index (κ1) is 25.8. The number of hydrogen-bond acceptors (Lipinski definition) is 4. The van der Waals surface area contributed by atoms with E-state index in [9.17, 15) is 13.6 Å². The molecule has 0 unspecified atom stereocenters. The summed E-state index contributed by atoms with van der Waals surface area (Å²) in [7, 11) is 0. The van der Waals surface area contributed by atoms with Crippen LogP contribution in [0.2, 0.25) is 0 Å². The van der Waals surface area contributed by atoms with Crippen LogP contribution in [0.1, 0.15) is 53.6 Å². The fraction of sp³-hybridized carbons (Fsp3) is 0.367. The Morgan fingerprint density at radius 3 is 1.97 bits per heavy atom. The van der Waals surface area contributed by atoms with Crippen LogP contribution in [0.25, 0.3) is 0 Å². The van der Waals surface area contributed by atoms with Crippen LogP contribution in [0.5, 0.6) is 5.75 Å². The summed E-state index contributed by atoms with van der Waals surface area (Å²) in [6, 6.07) is 20.5. The van der Waals surface area contributed by atoms with E-state index in [2.05, 4.69) is 4.90 Å². The van der Waals surface area contributed by atoms with Crippen LogP contribution < -0.4 is 4.74 Å². The van der Waals surface area contributed by atoms with E-state index >= 15 is 0 Å². The van der Waals surface area contributed by atoms with Gasteiger partial charge in [-0.05, 0) is 105 Å². The third-order valence-electron chi connectivity index (χ3n) is 6.81. The molecule has 0 spiro atoms. The van der Waals surface area contributed by atoms with E-state index in [4.69, 9.17) is 9.47 Å². The monoisotopic (exact) mass is 493 g/mol. The molecule has 0 amide bonds. The predicted octanol–water partition coefficient (Wildman–Crippen LogP) is 6.45. The zero-order chi connectivity index (χ0) is 25.3. The molecule has 0 bridgehead atoms. The number of esters is 1. The molecule has 1 aliphatic rings. The Hall–Kier alpha value is -3.25. The van der Waals surface area contributed by atoms with Gasteiger partial charge in [0.05, 0.1) is 18.8 Å². The van der Waals surface area contributed by atoms with Crippen LogP contribution in [0.4, 0.5) is 8.78 Å². The van der Waals surface area contributed by atoms with Crippen molar-refractivity contribution in [2.24, 2.45) is 5.92 Å². The number of carbonyl (C=O) groups is 1. The lowest BCUT2D eigenvalue weighted by atomic mass is 9.76. The Kier molecular flexibility index (Phi) is 9.06. The average Bonchev–Trinajstić information content (AvgIpc) is 2.90. The van der Waals surface area contributed by atoms with Gasteiger partial charge in [-0.25, -0.2) is 13.6 Å². The second kappa shape index (κ2) is 12.6. The van der Waals surface area contributed by atoms with E-state index in [1.807, 2.05) is 24.3 Å². The van der Waals surface area contributed by atoms with Gasteiger partial charge in [0.25, 0.3) is 0 Å². The fourth-order valence-corrected chi connectivity index (χ4v) is 4.97. The highest BCUT2D eigenvalue weighted by atomic mass is 19.1. The van der Waals surface area contributed by atoms with Crippen molar-refractivity contribution < 1.29 is 23.0 Å². The summed E-state index contributed by atoms with van der Waals surface area (Å²) in [4.78, 5) is 14.2. The van der Waals surface area contributed by atoms with Crippen LogP contribution in [-0.2, 0) is 4.74 Å². The van der Waals surface area contributed by atoms with Crippen molar-refractivity contribution in [1.29, 1.82) is 0 Å². The number of ether oxygens (including phenoxy) is 2. The van der Waals surface area contributed by atoms with E-state index in [0.29, 0.717) is 24.7 Å². The molecule has 0 aromatic heterocycles. The molecule has 1 saturated heterocycles. The zero-order valence-electron chi connectivity index (χ0n) is 20.7. The normalized spacial score (nSPS) is 14.7. The first-order valence-electron chi connectivity index (χ1n) is 12.7. The summed E-state index contributed by atoms with van der Waals surface area (Å²) < 4.78 is 37.9. The molecule has 36 heavy (non-hydrogen) atoms. The number of halogens is 2. The average molecular weight is 494 g/mol. The van der Waals surface area contributed by atoms with Gasteiger partial charge >= 0.3 is 5.97 Å². The van der Waals surface area contributed by atoms with Crippen molar-refractivity contribution in [3.8, 4) is 5.75 Å². The van der Waals surface area contributed by atoms with E-state index in [-0.39, 0.29) is 23.5 Å². The van der Waals surface area contributed by atoms with E-state index in [0.717, 1.165) is 55.8 Å². The first-order valence-corrected chi connectivity index (χ1v) is 12.7. The highest BCUT2D eigenvalue weighted by Crippen LogP contribution is 2.38. The third kappa shape index (κ3) is 6.91. The molecule has 1 fully saturated rings. The van der Waals surface area contributed by atoms with Crippen molar-refractivity contribution in [3.63, 3.8) is 0 Å². The van der Waals surface area contributed by atoms with E-state index < -0.39 is 0 Å². The van der Waals surface area contributed by atoms with Gasteiger partial charge in [-0.15, -0.1) is 0 Å². The lowest BCUT2D eigenvalue weighted by Gasteiger charge is -2.36. The van der Waals surface area contributed by atoms with Gasteiger partial charge in [0, 0.05) is 12.5 Å². The lowest BCUT2D eigenvalue weighted by Crippen LogP contribution is -2.36. The van der Waals surface area contributed by atoms with Crippen LogP contribution in [0, 0.1) is 17.6 Å². The van der Waals surface area contributed by atoms with Gasteiger partial charge in [-0.3, -0.25) is 0 Å². The SMILES string of the molecule is CCOC(=O)c1ccc(OCCCN2CCC(C(c3ccc(F)cc3)c3ccc(F)cc3)CC2)cc1. The largest absolute Gasteiger partial charge is 0.494 e. The van der Waals surface area contributed by atoms with Crippen LogP contribution in [-0.4, -0.2) is 43.7 Å². The van der Waals surface area contributed by atoms with Crippen molar-refractivity contribution >= 4 is 5.97 Å². The van der Waals surface area contributed by atoms with Gasteiger partial charge in [0.1, 0.15) is 17.4 Å². The second-order valence-corrected chi connectivity index (χ2v) is 9.21. The van der Waals surface area contributed by atoms with Gasteiger partial charge in [0.15, 0.2) is 0 Å². The standard InChI is InChI=1S/C30H33F2NO3/c1-2-35-30(34)25-8-14-28(15-9-25)36-21-3-18-33-19-16-24(17-20-33)29(22-4-10-26(31)11-5-22)23-6-12-27(32)13-7-23/h4-15,24,29H,2-3,16-21H2,1H3. The summed E-state index contributed by atoms with van der Waals surface area (Å²) in [6.45, 7) is 5.66. The number of hydrogen-bond donors (Lipinski definition) is 0.